The van der Waals surface area contributed by atoms with E-state index in [-0.39, 0.29) is 18.9 Å². The van der Waals surface area contributed by atoms with Gasteiger partial charge in [0.1, 0.15) is 6.04 Å². The number of carbonyl (C=O) groups is 2. The van der Waals surface area contributed by atoms with Crippen molar-refractivity contribution in [3.63, 3.8) is 0 Å². The summed E-state index contributed by atoms with van der Waals surface area (Å²) in [5, 5.41) is 2.59. The molecule has 1 aliphatic heterocycles. The molecule has 9 heteroatoms. The highest BCUT2D eigenvalue weighted by Gasteiger charge is 2.29. The van der Waals surface area contributed by atoms with Crippen molar-refractivity contribution in [1.29, 1.82) is 0 Å². The largest absolute Gasteiger partial charge is 0.469 e. The van der Waals surface area contributed by atoms with Crippen LogP contribution in [0.15, 0.2) is 0 Å². The van der Waals surface area contributed by atoms with Crippen molar-refractivity contribution in [2.24, 2.45) is 0 Å². The summed E-state index contributed by atoms with van der Waals surface area (Å²) in [6, 6.07) is -0.751. The van der Waals surface area contributed by atoms with Gasteiger partial charge in [-0.25, -0.2) is 0 Å². The second kappa shape index (κ2) is 6.83. The van der Waals surface area contributed by atoms with Crippen molar-refractivity contribution in [3.8, 4) is 0 Å². The second-order valence-electron chi connectivity index (χ2n) is 4.26. The van der Waals surface area contributed by atoms with Crippen LogP contribution in [0.2, 0.25) is 0 Å². The van der Waals surface area contributed by atoms with Gasteiger partial charge in [0.25, 0.3) is 10.2 Å². The Morgan fingerprint density at radius 1 is 1.58 bits per heavy atom. The van der Waals surface area contributed by atoms with Gasteiger partial charge in [0, 0.05) is 20.1 Å². The third-order valence-corrected chi connectivity index (χ3v) is 4.43. The Hall–Kier alpha value is -1.19. The Bertz CT molecular complexity index is 436. The molecule has 110 valence electrons. The van der Waals surface area contributed by atoms with Crippen LogP contribution in [0.3, 0.4) is 0 Å². The Kier molecular flexibility index (Phi) is 5.70. The van der Waals surface area contributed by atoms with Crippen LogP contribution in [0.5, 0.6) is 0 Å². The fourth-order valence-corrected chi connectivity index (χ4v) is 2.72. The zero-order valence-corrected chi connectivity index (χ0v) is 11.8. The summed E-state index contributed by atoms with van der Waals surface area (Å²) in [7, 11) is -1.21. The number of esters is 1. The first-order valence-corrected chi connectivity index (χ1v) is 7.39. The van der Waals surface area contributed by atoms with Gasteiger partial charge >= 0.3 is 5.97 Å². The number of piperidine rings is 1. The molecule has 0 radical (unpaired) electrons. The molecule has 1 unspecified atom stereocenters. The van der Waals surface area contributed by atoms with Gasteiger partial charge in [-0.2, -0.15) is 17.4 Å². The van der Waals surface area contributed by atoms with Gasteiger partial charge in [0.15, 0.2) is 0 Å². The van der Waals surface area contributed by atoms with Crippen molar-refractivity contribution in [2.75, 3.05) is 27.2 Å². The predicted octanol–water partition coefficient (Wildman–Crippen LogP) is -1.41. The lowest BCUT2D eigenvalue weighted by Crippen LogP contribution is -2.53. The van der Waals surface area contributed by atoms with Crippen molar-refractivity contribution in [3.05, 3.63) is 0 Å². The van der Waals surface area contributed by atoms with Crippen LogP contribution in [0, 0.1) is 0 Å². The third-order valence-electron chi connectivity index (χ3n) is 2.85. The minimum Gasteiger partial charge on any atom is -0.469 e. The van der Waals surface area contributed by atoms with E-state index in [0.717, 1.165) is 10.7 Å². The van der Waals surface area contributed by atoms with Crippen LogP contribution in [0.25, 0.3) is 0 Å². The van der Waals surface area contributed by atoms with E-state index in [2.05, 4.69) is 14.8 Å². The molecule has 1 saturated heterocycles. The highest BCUT2D eigenvalue weighted by atomic mass is 32.2. The maximum absolute atomic E-state index is 11.9. The first kappa shape index (κ1) is 15.9. The lowest BCUT2D eigenvalue weighted by atomic mass is 10.1. The molecular formula is C10H19N3O5S. The molecule has 1 heterocycles. The van der Waals surface area contributed by atoms with Gasteiger partial charge < -0.3 is 10.1 Å². The van der Waals surface area contributed by atoms with E-state index in [1.165, 1.54) is 14.2 Å². The Labute approximate surface area is 112 Å². The van der Waals surface area contributed by atoms with E-state index in [9.17, 15) is 18.0 Å². The summed E-state index contributed by atoms with van der Waals surface area (Å²) in [4.78, 5) is 22.4. The number of hydrogen-bond acceptors (Lipinski definition) is 5. The van der Waals surface area contributed by atoms with Gasteiger partial charge in [0.2, 0.25) is 5.91 Å². The van der Waals surface area contributed by atoms with Crippen LogP contribution in [0.4, 0.5) is 0 Å². The normalized spacial score (nSPS) is 20.2. The molecular weight excluding hydrogens is 274 g/mol. The maximum Gasteiger partial charge on any atom is 0.306 e. The van der Waals surface area contributed by atoms with Gasteiger partial charge in [-0.05, 0) is 12.8 Å². The van der Waals surface area contributed by atoms with E-state index in [1.54, 1.807) is 0 Å². The molecule has 1 amide bonds. The maximum atomic E-state index is 11.9. The smallest absolute Gasteiger partial charge is 0.306 e. The van der Waals surface area contributed by atoms with Gasteiger partial charge in [0.05, 0.1) is 13.5 Å². The monoisotopic (exact) mass is 293 g/mol. The molecule has 2 N–H and O–H groups in total. The fraction of sp³-hybridized carbons (Fsp3) is 0.800. The average molecular weight is 293 g/mol. The highest BCUT2D eigenvalue weighted by molar-refractivity contribution is 7.87. The standard InChI is InChI=1S/C10H19N3O5S/c1-13(7-5-9(14)18-2)19(16,17)12-8-4-3-6-11-10(8)15/h8,12H,3-7H2,1-2H3,(H,11,15). The number of amides is 1. The van der Waals surface area contributed by atoms with Crippen molar-refractivity contribution in [2.45, 2.75) is 25.3 Å². The molecule has 1 aliphatic rings. The molecule has 19 heavy (non-hydrogen) atoms. The van der Waals surface area contributed by atoms with Crippen molar-refractivity contribution >= 4 is 22.1 Å². The Morgan fingerprint density at radius 3 is 2.84 bits per heavy atom. The van der Waals surface area contributed by atoms with E-state index in [0.29, 0.717) is 13.0 Å². The fourth-order valence-electron chi connectivity index (χ4n) is 1.63. The Balaban J connectivity index is 2.54. The average Bonchev–Trinajstić information content (AvgIpc) is 2.37. The molecule has 0 aliphatic carbocycles. The zero-order valence-electron chi connectivity index (χ0n) is 11.0. The zero-order chi connectivity index (χ0) is 14.5. The van der Waals surface area contributed by atoms with Crippen LogP contribution < -0.4 is 10.0 Å². The van der Waals surface area contributed by atoms with Crippen LogP contribution in [-0.4, -0.2) is 57.9 Å². The number of nitrogens with one attached hydrogen (secondary N) is 2. The third kappa shape index (κ3) is 4.77. The number of rotatable bonds is 6. The predicted molar refractivity (Wildman–Crippen MR) is 67.4 cm³/mol. The van der Waals surface area contributed by atoms with Crippen LogP contribution >= 0.6 is 0 Å². The molecule has 0 spiro atoms. The minimum absolute atomic E-state index is 0.00363. The summed E-state index contributed by atoms with van der Waals surface area (Å²) in [6.07, 6.45) is 1.16. The summed E-state index contributed by atoms with van der Waals surface area (Å²) >= 11 is 0. The molecule has 1 fully saturated rings. The van der Waals surface area contributed by atoms with Crippen LogP contribution in [0.1, 0.15) is 19.3 Å². The summed E-state index contributed by atoms with van der Waals surface area (Å²) in [6.45, 7) is 0.561. The molecule has 1 rings (SSSR count). The lowest BCUT2D eigenvalue weighted by Gasteiger charge is -2.25. The van der Waals surface area contributed by atoms with Gasteiger partial charge in [-0.3, -0.25) is 9.59 Å². The first-order valence-electron chi connectivity index (χ1n) is 5.95. The summed E-state index contributed by atoms with van der Waals surface area (Å²) < 4.78 is 31.6. The first-order chi connectivity index (χ1) is 8.86. The molecule has 0 aromatic carbocycles. The van der Waals surface area contributed by atoms with Gasteiger partial charge in [-0.1, -0.05) is 0 Å². The summed E-state index contributed by atoms with van der Waals surface area (Å²) in [5.74, 6) is -0.811. The molecule has 1 atom stereocenters. The number of ether oxygens (including phenoxy) is 1. The molecule has 0 aromatic rings. The number of carbonyl (C=O) groups excluding carboxylic acids is 2. The molecule has 0 bridgehead atoms. The second-order valence-corrected chi connectivity index (χ2v) is 6.07. The lowest BCUT2D eigenvalue weighted by molar-refractivity contribution is -0.140. The molecule has 0 saturated carbocycles. The minimum atomic E-state index is -3.78. The summed E-state index contributed by atoms with van der Waals surface area (Å²) in [5.41, 5.74) is 0. The number of methoxy groups -OCH3 is 1. The van der Waals surface area contributed by atoms with Gasteiger partial charge in [-0.15, -0.1) is 0 Å². The van der Waals surface area contributed by atoms with E-state index >= 15 is 0 Å². The molecule has 0 aromatic heterocycles. The Morgan fingerprint density at radius 2 is 2.26 bits per heavy atom. The topological polar surface area (TPSA) is 105 Å². The number of nitrogens with zero attached hydrogens (tertiary/aromatic N) is 1. The quantitative estimate of drug-likeness (QED) is 0.586. The number of hydrogen-bond donors (Lipinski definition) is 2. The van der Waals surface area contributed by atoms with Crippen molar-refractivity contribution in [1.82, 2.24) is 14.3 Å². The SMILES string of the molecule is COC(=O)CCN(C)S(=O)(=O)NC1CCCNC1=O. The van der Waals surface area contributed by atoms with Crippen LogP contribution in [-0.2, 0) is 24.5 Å². The van der Waals surface area contributed by atoms with Crippen molar-refractivity contribution < 1.29 is 22.7 Å². The molecule has 8 nitrogen and oxygen atoms in total. The van der Waals surface area contributed by atoms with E-state index in [1.807, 2.05) is 0 Å². The van der Waals surface area contributed by atoms with E-state index < -0.39 is 22.2 Å². The highest BCUT2D eigenvalue weighted by Crippen LogP contribution is 2.06. The van der Waals surface area contributed by atoms with E-state index in [4.69, 9.17) is 0 Å².